The molecule has 8 heteroatoms. The van der Waals surface area contributed by atoms with Gasteiger partial charge in [-0.25, -0.2) is 8.42 Å². The van der Waals surface area contributed by atoms with Crippen LogP contribution in [0.1, 0.15) is 49.8 Å². The van der Waals surface area contributed by atoms with Crippen molar-refractivity contribution in [2.75, 3.05) is 59.1 Å². The van der Waals surface area contributed by atoms with Gasteiger partial charge in [0.25, 0.3) is 0 Å². The Morgan fingerprint density at radius 3 is 2.29 bits per heavy atom. The molecule has 7 nitrogen and oxygen atoms in total. The van der Waals surface area contributed by atoms with Crippen molar-refractivity contribution < 1.29 is 13.2 Å². The van der Waals surface area contributed by atoms with E-state index in [9.17, 15) is 13.2 Å². The number of likely N-dealkylation sites (N-methyl/N-ethyl adjacent to an activating group) is 2. The summed E-state index contributed by atoms with van der Waals surface area (Å²) in [6.07, 6.45) is 5.95. The number of hydrogen-bond acceptors (Lipinski definition) is 6. The highest BCUT2D eigenvalue weighted by Crippen LogP contribution is 2.28. The van der Waals surface area contributed by atoms with Crippen molar-refractivity contribution in [1.82, 2.24) is 19.6 Å². The number of carbonyl (C=O) groups is 1. The van der Waals surface area contributed by atoms with Crippen LogP contribution >= 0.6 is 0 Å². The molecule has 2 saturated heterocycles. The molecule has 0 bridgehead atoms. The first-order valence-electron chi connectivity index (χ1n) is 14.1. The third kappa shape index (κ3) is 7.44. The van der Waals surface area contributed by atoms with Crippen LogP contribution in [-0.2, 0) is 21.1 Å². The van der Waals surface area contributed by atoms with Crippen LogP contribution in [-0.4, -0.2) is 99.2 Å². The highest BCUT2D eigenvalue weighted by atomic mass is 32.2. The van der Waals surface area contributed by atoms with Crippen molar-refractivity contribution in [2.45, 2.75) is 56.1 Å². The molecule has 4 rings (SSSR count). The minimum atomic E-state index is -3.25. The summed E-state index contributed by atoms with van der Waals surface area (Å²) in [4.78, 5) is 23.4. The Bertz CT molecular complexity index is 1130. The monoisotopic (exact) mass is 540 g/mol. The molecule has 2 fully saturated rings. The molecule has 2 unspecified atom stereocenters. The number of hydrogen-bond donors (Lipinski definition) is 0. The Kier molecular flexibility index (Phi) is 9.98. The van der Waals surface area contributed by atoms with Gasteiger partial charge in [-0.05, 0) is 62.9 Å². The molecule has 2 aromatic carbocycles. The Hall–Kier alpha value is -2.26. The Morgan fingerprint density at radius 1 is 0.974 bits per heavy atom. The molecule has 2 heterocycles. The summed E-state index contributed by atoms with van der Waals surface area (Å²) in [5.74, 6) is 0.107. The first-order valence-corrected chi connectivity index (χ1v) is 16.0. The van der Waals surface area contributed by atoms with Crippen molar-refractivity contribution in [2.24, 2.45) is 0 Å². The van der Waals surface area contributed by atoms with E-state index in [4.69, 9.17) is 0 Å². The smallest absolute Gasteiger partial charge is 0.228 e. The molecule has 1 amide bonds. The molecule has 0 aliphatic carbocycles. The van der Waals surface area contributed by atoms with E-state index in [0.29, 0.717) is 12.6 Å². The van der Waals surface area contributed by atoms with Gasteiger partial charge in [0.2, 0.25) is 5.91 Å². The number of benzene rings is 2. The Morgan fingerprint density at radius 2 is 1.66 bits per heavy atom. The second-order valence-electron chi connectivity index (χ2n) is 10.8. The lowest BCUT2D eigenvalue weighted by atomic mass is 9.99. The topological polar surface area (TPSA) is 64.2 Å². The Balaban J connectivity index is 1.44. The number of carbonyl (C=O) groups excluding carboxylic acids is 1. The molecular formula is C30H44N4O3S. The van der Waals surface area contributed by atoms with Gasteiger partial charge >= 0.3 is 0 Å². The highest BCUT2D eigenvalue weighted by Gasteiger charge is 2.32. The van der Waals surface area contributed by atoms with E-state index >= 15 is 0 Å². The van der Waals surface area contributed by atoms with Crippen LogP contribution in [0, 0.1) is 0 Å². The lowest BCUT2D eigenvalue weighted by Crippen LogP contribution is -2.54. The fourth-order valence-electron chi connectivity index (χ4n) is 5.93. The first kappa shape index (κ1) is 28.7. The van der Waals surface area contributed by atoms with Crippen LogP contribution in [0.4, 0.5) is 0 Å². The first-order chi connectivity index (χ1) is 18.3. The maximum absolute atomic E-state index is 13.5. The van der Waals surface area contributed by atoms with Crippen LogP contribution in [0.15, 0.2) is 59.5 Å². The zero-order valence-electron chi connectivity index (χ0n) is 23.3. The predicted octanol–water partition coefficient (Wildman–Crippen LogP) is 3.67. The molecule has 2 aliphatic heterocycles. The summed E-state index contributed by atoms with van der Waals surface area (Å²) in [5.41, 5.74) is 2.23. The number of piperidine rings is 1. The van der Waals surface area contributed by atoms with Crippen LogP contribution in [0.5, 0.6) is 0 Å². The molecule has 0 saturated carbocycles. The molecule has 0 spiro atoms. The average Bonchev–Trinajstić information content (AvgIpc) is 2.91. The van der Waals surface area contributed by atoms with Gasteiger partial charge in [0, 0.05) is 58.1 Å². The number of nitrogens with zero attached hydrogens (tertiary/aromatic N) is 4. The standard InChI is InChI=1S/C30H44N4O3S/c1-4-34(30(35)24-25-13-15-27(16-14-25)38(3,36)37)29-12-8-9-18-33(29)19-17-28(26-10-6-5-7-11-26)32-22-20-31(2)21-23-32/h5-7,10-11,13-16,28-29H,4,8-9,12,17-24H2,1-3H3. The number of amides is 1. The SMILES string of the molecule is CCN(C(=O)Cc1ccc(S(C)(=O)=O)cc1)C1CCCCN1CCC(c1ccccc1)N1CCN(C)CC1. The number of sulfone groups is 1. The summed E-state index contributed by atoms with van der Waals surface area (Å²) in [6, 6.07) is 18.0. The summed E-state index contributed by atoms with van der Waals surface area (Å²) < 4.78 is 23.6. The normalized spacial score (nSPS) is 20.8. The maximum atomic E-state index is 13.5. The van der Waals surface area contributed by atoms with Crippen LogP contribution in [0.3, 0.4) is 0 Å². The van der Waals surface area contributed by atoms with Gasteiger partial charge < -0.3 is 9.80 Å². The zero-order chi connectivity index (χ0) is 27.1. The quantitative estimate of drug-likeness (QED) is 0.458. The fourth-order valence-corrected chi connectivity index (χ4v) is 6.56. The molecule has 38 heavy (non-hydrogen) atoms. The van der Waals surface area contributed by atoms with Gasteiger partial charge in [0.05, 0.1) is 17.5 Å². The number of rotatable bonds is 10. The minimum Gasteiger partial charge on any atom is -0.327 e. The van der Waals surface area contributed by atoms with Gasteiger partial charge in [-0.2, -0.15) is 0 Å². The number of likely N-dealkylation sites (tertiary alicyclic amines) is 1. The summed E-state index contributed by atoms with van der Waals surface area (Å²) in [6.45, 7) is 9.06. The fraction of sp³-hybridized carbons (Fsp3) is 0.567. The van der Waals surface area contributed by atoms with Crippen molar-refractivity contribution in [3.05, 3.63) is 65.7 Å². The lowest BCUT2D eigenvalue weighted by Gasteiger charge is -2.44. The van der Waals surface area contributed by atoms with E-state index < -0.39 is 9.84 Å². The van der Waals surface area contributed by atoms with E-state index in [1.165, 1.54) is 18.2 Å². The Labute approximate surface area is 229 Å². The zero-order valence-corrected chi connectivity index (χ0v) is 24.1. The van der Waals surface area contributed by atoms with Crippen molar-refractivity contribution >= 4 is 15.7 Å². The largest absolute Gasteiger partial charge is 0.327 e. The van der Waals surface area contributed by atoms with Crippen molar-refractivity contribution in [1.29, 1.82) is 0 Å². The van der Waals surface area contributed by atoms with Crippen molar-refractivity contribution in [3.63, 3.8) is 0 Å². The van der Waals surface area contributed by atoms with E-state index in [-0.39, 0.29) is 23.4 Å². The third-order valence-corrected chi connectivity index (χ3v) is 9.29. The van der Waals surface area contributed by atoms with E-state index in [1.807, 2.05) is 4.90 Å². The van der Waals surface area contributed by atoms with E-state index in [2.05, 4.69) is 59.0 Å². The molecule has 208 valence electrons. The van der Waals surface area contributed by atoms with Crippen molar-refractivity contribution in [3.8, 4) is 0 Å². The summed E-state index contributed by atoms with van der Waals surface area (Å²) in [7, 11) is -1.05. The van der Waals surface area contributed by atoms with Crippen LogP contribution in [0.25, 0.3) is 0 Å². The highest BCUT2D eigenvalue weighted by molar-refractivity contribution is 7.90. The van der Waals surface area contributed by atoms with Gasteiger partial charge in [-0.15, -0.1) is 0 Å². The lowest BCUT2D eigenvalue weighted by molar-refractivity contribution is -0.138. The van der Waals surface area contributed by atoms with Gasteiger partial charge in [-0.3, -0.25) is 14.6 Å². The summed E-state index contributed by atoms with van der Waals surface area (Å²) >= 11 is 0. The molecular weight excluding hydrogens is 496 g/mol. The van der Waals surface area contributed by atoms with Crippen LogP contribution in [0.2, 0.25) is 0 Å². The van der Waals surface area contributed by atoms with Gasteiger partial charge in [-0.1, -0.05) is 42.5 Å². The molecule has 2 aliphatic rings. The average molecular weight is 541 g/mol. The molecule has 0 N–H and O–H groups in total. The van der Waals surface area contributed by atoms with E-state index in [0.717, 1.165) is 64.1 Å². The van der Waals surface area contributed by atoms with Gasteiger partial charge in [0.1, 0.15) is 0 Å². The third-order valence-electron chi connectivity index (χ3n) is 8.16. The molecule has 2 atom stereocenters. The maximum Gasteiger partial charge on any atom is 0.228 e. The predicted molar refractivity (Wildman–Crippen MR) is 153 cm³/mol. The minimum absolute atomic E-state index is 0.107. The van der Waals surface area contributed by atoms with E-state index in [1.54, 1.807) is 24.3 Å². The molecule has 0 aromatic heterocycles. The molecule has 2 aromatic rings. The second kappa shape index (κ2) is 13.2. The number of piperazine rings is 1. The summed E-state index contributed by atoms with van der Waals surface area (Å²) in [5, 5.41) is 0. The molecule has 0 radical (unpaired) electrons. The van der Waals surface area contributed by atoms with Gasteiger partial charge in [0.15, 0.2) is 9.84 Å². The second-order valence-corrected chi connectivity index (χ2v) is 12.9. The van der Waals surface area contributed by atoms with Crippen LogP contribution < -0.4 is 0 Å².